The van der Waals surface area contributed by atoms with E-state index in [9.17, 15) is 42.9 Å². The van der Waals surface area contributed by atoms with Crippen LogP contribution in [0.4, 0.5) is 17.2 Å². The molecule has 0 saturated carbocycles. The number of para-hydroxylation sites is 3. The number of anilines is 3. The van der Waals surface area contributed by atoms with Crippen LogP contribution in [0, 0.1) is 29.6 Å². The Bertz CT molecular complexity index is 4970. The quantitative estimate of drug-likeness (QED) is 0.0910. The fourth-order valence-corrected chi connectivity index (χ4v) is 13.7. The molecule has 9 aromatic rings. The van der Waals surface area contributed by atoms with Gasteiger partial charge in [-0.25, -0.2) is 13.4 Å². The fraction of sp³-hybridized carbons (Fsp3) is 0.200. The minimum absolute atomic E-state index is 0.0606. The van der Waals surface area contributed by atoms with Crippen molar-refractivity contribution in [3.05, 3.63) is 250 Å². The minimum Gasteiger partial charge on any atom is -0.454 e. The standard InChI is InChI=1S/C26H23Cl2N3O4.C25H19Cl2N3O3.C24H18Cl2N2O4S/c27-18-4-1-2-5-21(18)35-23-11-15(7-8-19(23)28)17-13-25(32)31(14-17)24-12-16(26(29)33)10-20(30-24)22-6-3-9-34-22;1-14-5-7-18(11-19(14)25(29)32)30-13-17(10-23(30)31)15-6-8-20(26)22(9-15)33-24-16(12-28)3-2-4-21(24)27;1-33(30,31)19-8-6-18(7-9-19)28-14-17(12-23(28)29)15-5-10-20(25)22(11-15)32-24-16(13-27)3-2-4-21(24)26/h1-2,4-5,7-8,10-12,17,22H,3,6,9,13-14H2,(H2,29,33);2-9,11,17H,10,13H2,1H3,(H2,29,32);2-11,17H,12,14H2,1H3/t17-,22?;2*17-/m000/s1. The zero-order chi connectivity index (χ0) is 72.0. The van der Waals surface area contributed by atoms with E-state index in [1.54, 1.807) is 143 Å². The first-order valence-corrected chi connectivity index (χ1v) is 35.6. The maximum absolute atomic E-state index is 13.0. The van der Waals surface area contributed by atoms with Gasteiger partial charge in [-0.05, 0) is 163 Å². The highest BCUT2D eigenvalue weighted by atomic mass is 35.5. The Balaban J connectivity index is 0.000000153. The molecule has 514 valence electrons. The zero-order valence-corrected chi connectivity index (χ0v) is 59.2. The number of primary amides is 2. The number of ether oxygens (including phenoxy) is 4. The van der Waals surface area contributed by atoms with Crippen LogP contribution in [0.3, 0.4) is 0 Å². The normalized spacial score (nSPS) is 17.1. The molecule has 4 aliphatic rings. The molecular weight excluding hydrogens is 1430 g/mol. The number of aryl methyl sites for hydroxylation is 1. The topological polar surface area (TPSA) is 279 Å². The summed E-state index contributed by atoms with van der Waals surface area (Å²) in [6.07, 6.45) is 3.52. The molecule has 5 amide bonds. The number of rotatable bonds is 16. The number of carbonyl (C=O) groups excluding carboxylic acids is 5. The van der Waals surface area contributed by atoms with Gasteiger partial charge in [0.15, 0.2) is 21.3 Å². The summed E-state index contributed by atoms with van der Waals surface area (Å²) >= 11 is 37.7. The number of benzene rings is 8. The maximum atomic E-state index is 13.0. The number of sulfone groups is 1. The third-order valence-electron chi connectivity index (χ3n) is 17.3. The molecule has 1 aromatic heterocycles. The lowest BCUT2D eigenvalue weighted by Crippen LogP contribution is -2.27. The summed E-state index contributed by atoms with van der Waals surface area (Å²) in [7, 11) is -3.31. The molecule has 1 unspecified atom stereocenters. The van der Waals surface area contributed by atoms with E-state index < -0.39 is 21.7 Å². The van der Waals surface area contributed by atoms with Crippen LogP contribution >= 0.6 is 69.6 Å². The van der Waals surface area contributed by atoms with Gasteiger partial charge in [0.05, 0.1) is 58.0 Å². The smallest absolute Gasteiger partial charge is 0.249 e. The average Bonchev–Trinajstić information content (AvgIpc) is 1.68. The monoisotopic (exact) mass is 1490 g/mol. The zero-order valence-electron chi connectivity index (χ0n) is 53.8. The number of hydrogen-bond donors (Lipinski definition) is 2. The molecular formula is C75H60Cl6N8O11S. The fourth-order valence-electron chi connectivity index (χ4n) is 12.0. The number of nitrogens with two attached hydrogens (primary N) is 2. The highest BCUT2D eigenvalue weighted by Gasteiger charge is 2.37. The second-order valence-electron chi connectivity index (χ2n) is 24.1. The van der Waals surface area contributed by atoms with Gasteiger partial charge in [0.2, 0.25) is 29.5 Å². The molecule has 13 rings (SSSR count). The Labute approximate surface area is 612 Å². The molecule has 0 aliphatic carbocycles. The van der Waals surface area contributed by atoms with Crippen LogP contribution in [0.1, 0.15) is 116 Å². The van der Waals surface area contributed by atoms with Crippen molar-refractivity contribution in [2.24, 2.45) is 11.5 Å². The van der Waals surface area contributed by atoms with E-state index in [0.717, 1.165) is 41.4 Å². The Kier molecular flexibility index (Phi) is 22.6. The Morgan fingerprint density at radius 3 is 1.48 bits per heavy atom. The summed E-state index contributed by atoms with van der Waals surface area (Å²) in [5.41, 5.74) is 17.5. The maximum Gasteiger partial charge on any atom is 0.249 e. The number of pyridine rings is 1. The third kappa shape index (κ3) is 16.9. The second kappa shape index (κ2) is 31.5. The molecule has 4 saturated heterocycles. The van der Waals surface area contributed by atoms with Crippen molar-refractivity contribution in [2.75, 3.05) is 47.2 Å². The van der Waals surface area contributed by atoms with Gasteiger partial charge in [-0.3, -0.25) is 28.9 Å². The van der Waals surface area contributed by atoms with Gasteiger partial charge >= 0.3 is 0 Å². The van der Waals surface area contributed by atoms with Crippen molar-refractivity contribution in [3.63, 3.8) is 0 Å². The number of nitrogens with zero attached hydrogens (tertiary/aromatic N) is 6. The molecule has 19 nitrogen and oxygen atoms in total. The van der Waals surface area contributed by atoms with Gasteiger partial charge in [0.1, 0.15) is 41.0 Å². The SMILES string of the molecule is CS(=O)(=O)c1ccc(N2C[C@@H](c3ccc(Cl)c(Oc4c(Cl)cccc4C#N)c3)CC2=O)cc1.Cc1ccc(N2C[C@@H](c3ccc(Cl)c(Oc4c(Cl)cccc4C#N)c3)CC2=O)cc1C(N)=O.NC(=O)c1cc(C2CCCO2)nc(N2C[C@@H](c3ccc(Cl)c(Oc4ccccc4Cl)c3)CC2=O)c1. The molecule has 0 spiro atoms. The number of nitriles is 2. The molecule has 101 heavy (non-hydrogen) atoms. The van der Waals surface area contributed by atoms with Crippen LogP contribution in [-0.2, 0) is 29.0 Å². The van der Waals surface area contributed by atoms with E-state index in [2.05, 4.69) is 11.1 Å². The number of hydrogen-bond acceptors (Lipinski definition) is 14. The second-order valence-corrected chi connectivity index (χ2v) is 28.6. The van der Waals surface area contributed by atoms with Crippen LogP contribution in [0.5, 0.6) is 34.5 Å². The van der Waals surface area contributed by atoms with Gasteiger partial charge in [-0.15, -0.1) is 0 Å². The van der Waals surface area contributed by atoms with Crippen molar-refractivity contribution < 1.29 is 51.3 Å². The largest absolute Gasteiger partial charge is 0.454 e. The lowest BCUT2D eigenvalue weighted by molar-refractivity contribution is -0.118. The highest BCUT2D eigenvalue weighted by Crippen LogP contribution is 2.44. The minimum atomic E-state index is -3.31. The van der Waals surface area contributed by atoms with Gasteiger partial charge in [-0.1, -0.05) is 118 Å². The van der Waals surface area contributed by atoms with E-state index in [-0.39, 0.29) is 93.4 Å². The average molecular weight is 1490 g/mol. The van der Waals surface area contributed by atoms with Crippen LogP contribution in [-0.4, -0.2) is 75.4 Å². The first kappa shape index (κ1) is 72.5. The number of halogens is 6. The highest BCUT2D eigenvalue weighted by molar-refractivity contribution is 7.90. The molecule has 26 heteroatoms. The van der Waals surface area contributed by atoms with Gasteiger partial charge in [0.25, 0.3) is 0 Å². The molecule has 4 fully saturated rings. The summed E-state index contributed by atoms with van der Waals surface area (Å²) in [5, 5.41) is 20.9. The van der Waals surface area contributed by atoms with Crippen LogP contribution in [0.2, 0.25) is 30.1 Å². The molecule has 4 aliphatic heterocycles. The van der Waals surface area contributed by atoms with E-state index in [4.69, 9.17) is 100 Å². The summed E-state index contributed by atoms with van der Waals surface area (Å²) in [6, 6.07) is 51.8. The lowest BCUT2D eigenvalue weighted by Gasteiger charge is -2.19. The van der Waals surface area contributed by atoms with Crippen LogP contribution in [0.25, 0.3) is 0 Å². The molecule has 0 radical (unpaired) electrons. The molecule has 4 N–H and O–H groups in total. The molecule has 0 bridgehead atoms. The van der Waals surface area contributed by atoms with Gasteiger partial charge in [-0.2, -0.15) is 10.5 Å². The van der Waals surface area contributed by atoms with Crippen LogP contribution in [0.15, 0.2) is 175 Å². The third-order valence-corrected chi connectivity index (χ3v) is 20.3. The van der Waals surface area contributed by atoms with E-state index >= 15 is 0 Å². The predicted molar refractivity (Wildman–Crippen MR) is 387 cm³/mol. The van der Waals surface area contributed by atoms with Crippen molar-refractivity contribution in [3.8, 4) is 46.6 Å². The first-order chi connectivity index (χ1) is 48.3. The summed E-state index contributed by atoms with van der Waals surface area (Å²) < 4.78 is 46.9. The van der Waals surface area contributed by atoms with Gasteiger partial charge in [0, 0.05) is 92.0 Å². The summed E-state index contributed by atoms with van der Waals surface area (Å²) in [5.74, 6) is 0.804. The number of aromatic nitrogens is 1. The van der Waals surface area contributed by atoms with Crippen molar-refractivity contribution in [1.29, 1.82) is 10.5 Å². The van der Waals surface area contributed by atoms with Crippen molar-refractivity contribution in [2.45, 2.75) is 67.8 Å². The predicted octanol–water partition coefficient (Wildman–Crippen LogP) is 16.8. The molecule has 4 atom stereocenters. The van der Waals surface area contributed by atoms with E-state index in [1.165, 1.54) is 12.1 Å². The Morgan fingerprint density at radius 1 is 0.535 bits per heavy atom. The Hall–Kier alpha value is -9.71. The Morgan fingerprint density at radius 2 is 1.00 bits per heavy atom. The first-order valence-electron chi connectivity index (χ1n) is 31.4. The van der Waals surface area contributed by atoms with E-state index in [1.807, 2.05) is 42.5 Å². The van der Waals surface area contributed by atoms with Crippen molar-refractivity contribution in [1.82, 2.24) is 4.98 Å². The molecule has 5 heterocycles. The van der Waals surface area contributed by atoms with E-state index in [0.29, 0.717) is 108 Å². The van der Waals surface area contributed by atoms with Gasteiger partial charge < -0.3 is 40.2 Å². The van der Waals surface area contributed by atoms with Crippen molar-refractivity contribution >= 4 is 126 Å². The number of amides is 5. The summed E-state index contributed by atoms with van der Waals surface area (Å²) in [4.78, 5) is 71.9. The lowest BCUT2D eigenvalue weighted by atomic mass is 9.98. The van der Waals surface area contributed by atoms with Crippen LogP contribution < -0.4 is 40.4 Å². The molecule has 8 aromatic carbocycles. The number of carbonyl (C=O) groups is 5. The summed E-state index contributed by atoms with van der Waals surface area (Å²) in [6.45, 7) is 3.68.